The van der Waals surface area contributed by atoms with Crippen molar-refractivity contribution >= 4 is 60.8 Å². The molecule has 0 N–H and O–H groups in total. The van der Waals surface area contributed by atoms with Crippen molar-refractivity contribution in [1.29, 1.82) is 0 Å². The van der Waals surface area contributed by atoms with Gasteiger partial charge in [-0.15, -0.1) is 0 Å². The minimum absolute atomic E-state index is 0. The zero-order chi connectivity index (χ0) is 16.9. The summed E-state index contributed by atoms with van der Waals surface area (Å²) in [5.74, 6) is -2.23. The maximum atomic E-state index is 10.4. The Labute approximate surface area is 176 Å². The van der Waals surface area contributed by atoms with Crippen LogP contribution in [0.3, 0.4) is 0 Å². The second kappa shape index (κ2) is 9.95. The van der Waals surface area contributed by atoms with E-state index in [1.54, 1.807) is 24.3 Å². The predicted molar refractivity (Wildman–Crippen MR) is 86.2 cm³/mol. The van der Waals surface area contributed by atoms with Gasteiger partial charge >= 0.3 is 48.9 Å². The van der Waals surface area contributed by atoms with Gasteiger partial charge in [-0.05, 0) is 38.8 Å². The van der Waals surface area contributed by atoms with Crippen LogP contribution in [0.1, 0.15) is 43.0 Å². The molecule has 0 fully saturated rings. The van der Waals surface area contributed by atoms with Crippen molar-refractivity contribution in [3.8, 4) is 0 Å². The summed E-state index contributed by atoms with van der Waals surface area (Å²) >= 11 is 0. The fraction of sp³-hybridized carbons (Fsp3) is 0.222. The van der Waals surface area contributed by atoms with E-state index in [2.05, 4.69) is 0 Å². The molecule has 0 bridgehead atoms. The van der Waals surface area contributed by atoms with Crippen LogP contribution >= 0.6 is 0 Å². The van der Waals surface area contributed by atoms with Gasteiger partial charge in [-0.3, -0.25) is 0 Å². The number of carbonyl (C=O) groups excluding carboxylic acids is 2. The molecule has 0 aliphatic rings. The van der Waals surface area contributed by atoms with E-state index >= 15 is 0 Å². The Morgan fingerprint density at radius 2 is 0.826 bits per heavy atom. The van der Waals surface area contributed by atoms with Gasteiger partial charge in [0.2, 0.25) is 0 Å². The number of hydrogen-bond acceptors (Lipinski definition) is 4. The van der Waals surface area contributed by atoms with Crippen LogP contribution in [-0.2, 0) is 0 Å². The molecule has 0 amide bonds. The van der Waals surface area contributed by atoms with Gasteiger partial charge < -0.3 is 19.8 Å². The van der Waals surface area contributed by atoms with Crippen molar-refractivity contribution in [2.24, 2.45) is 0 Å². The number of carboxylic acids is 2. The summed E-state index contributed by atoms with van der Waals surface area (Å²) in [6.45, 7) is 7.44. The van der Waals surface area contributed by atoms with E-state index in [4.69, 9.17) is 0 Å². The fourth-order valence-corrected chi connectivity index (χ4v) is 2.19. The molecule has 0 radical (unpaired) electrons. The monoisotopic (exact) mass is 436 g/mol. The normalized spacial score (nSPS) is 9.22. The van der Waals surface area contributed by atoms with E-state index in [-0.39, 0.29) is 60.0 Å². The van der Waals surface area contributed by atoms with E-state index in [1.807, 2.05) is 39.8 Å². The van der Waals surface area contributed by atoms with Crippen LogP contribution in [0.5, 0.6) is 0 Å². The molecule has 0 aliphatic heterocycles. The summed E-state index contributed by atoms with van der Waals surface area (Å²) in [4.78, 5) is 20.8. The Morgan fingerprint density at radius 1 is 0.609 bits per heavy atom. The molecule has 0 saturated carbocycles. The minimum Gasteiger partial charge on any atom is -0.545 e. The number of rotatable bonds is 2. The Balaban J connectivity index is 0.000000403. The van der Waals surface area contributed by atoms with Crippen molar-refractivity contribution in [2.45, 2.75) is 27.7 Å². The first-order valence-electron chi connectivity index (χ1n) is 6.78. The van der Waals surface area contributed by atoms with Crippen molar-refractivity contribution in [2.75, 3.05) is 0 Å². The summed E-state index contributed by atoms with van der Waals surface area (Å²) in [5, 5.41) is 20.8. The molecule has 0 spiro atoms. The molecule has 4 nitrogen and oxygen atoms in total. The van der Waals surface area contributed by atoms with Crippen molar-refractivity contribution < 1.29 is 19.8 Å². The number of aromatic carboxylic acids is 2. The smallest absolute Gasteiger partial charge is 0.545 e. The molecule has 2 rings (SSSR count). The Morgan fingerprint density at radius 3 is 1.00 bits per heavy atom. The van der Waals surface area contributed by atoms with E-state index < -0.39 is 11.9 Å². The molecule has 0 saturated heterocycles. The van der Waals surface area contributed by atoms with Crippen LogP contribution in [0.2, 0.25) is 0 Å². The largest absolute Gasteiger partial charge is 2.00 e. The van der Waals surface area contributed by atoms with Gasteiger partial charge in [-0.1, -0.05) is 58.7 Å². The first-order chi connectivity index (χ1) is 10.2. The van der Waals surface area contributed by atoms with Crippen LogP contribution in [0, 0.1) is 27.7 Å². The average Bonchev–Trinajstić information content (AvgIpc) is 2.37. The number of hydrogen-bond donors (Lipinski definition) is 0. The SMILES string of the molecule is Cc1cc(C)cc(C(=O)[O-])c1.Cc1cc(C)cc(C(=O)[O-])c1.[Ba+2]. The van der Waals surface area contributed by atoms with Crippen LogP contribution in [0.25, 0.3) is 0 Å². The minimum atomic E-state index is -1.11. The summed E-state index contributed by atoms with van der Waals surface area (Å²) in [6.07, 6.45) is 0. The molecule has 2 aromatic carbocycles. The maximum Gasteiger partial charge on any atom is 2.00 e. The summed E-state index contributed by atoms with van der Waals surface area (Å²) in [7, 11) is 0. The zero-order valence-corrected chi connectivity index (χ0v) is 18.2. The third-order valence-electron chi connectivity index (χ3n) is 2.91. The maximum absolute atomic E-state index is 10.4. The average molecular weight is 436 g/mol. The van der Waals surface area contributed by atoms with Crippen LogP contribution in [0.15, 0.2) is 36.4 Å². The third-order valence-corrected chi connectivity index (χ3v) is 2.91. The quantitative estimate of drug-likeness (QED) is 0.658. The number of aryl methyl sites for hydroxylation is 4. The number of carboxylic acid groups (broad SMARTS) is 2. The first kappa shape index (κ1) is 22.0. The summed E-state index contributed by atoms with van der Waals surface area (Å²) in [5.41, 5.74) is 4.30. The fourth-order valence-electron chi connectivity index (χ4n) is 2.19. The van der Waals surface area contributed by atoms with Crippen molar-refractivity contribution in [3.63, 3.8) is 0 Å². The molecule has 0 aliphatic carbocycles. The topological polar surface area (TPSA) is 80.3 Å². The molecule has 5 heteroatoms. The molecule has 0 heterocycles. The molecular formula is C18H18BaO4. The third kappa shape index (κ3) is 7.85. The first-order valence-corrected chi connectivity index (χ1v) is 6.78. The van der Waals surface area contributed by atoms with Crippen LogP contribution in [-0.4, -0.2) is 60.8 Å². The Bertz CT molecular complexity index is 606. The number of carbonyl (C=O) groups is 2. The molecule has 0 aromatic heterocycles. The van der Waals surface area contributed by atoms with Crippen LogP contribution < -0.4 is 10.2 Å². The van der Waals surface area contributed by atoms with Gasteiger partial charge in [0.1, 0.15) is 0 Å². The Hall–Kier alpha value is -1.05. The van der Waals surface area contributed by atoms with Crippen molar-refractivity contribution in [3.05, 3.63) is 69.8 Å². The van der Waals surface area contributed by atoms with Gasteiger partial charge in [0.15, 0.2) is 0 Å². The zero-order valence-electron chi connectivity index (χ0n) is 13.8. The number of benzene rings is 2. The van der Waals surface area contributed by atoms with E-state index in [0.717, 1.165) is 22.3 Å². The van der Waals surface area contributed by atoms with Gasteiger partial charge in [0.25, 0.3) is 0 Å². The second-order valence-electron chi connectivity index (χ2n) is 5.33. The summed E-state index contributed by atoms with van der Waals surface area (Å²) in [6, 6.07) is 10.2. The van der Waals surface area contributed by atoms with Gasteiger partial charge in [-0.2, -0.15) is 0 Å². The molecule has 116 valence electrons. The van der Waals surface area contributed by atoms with Gasteiger partial charge in [0.05, 0.1) is 11.9 Å². The van der Waals surface area contributed by atoms with E-state index in [1.165, 1.54) is 0 Å². The second-order valence-corrected chi connectivity index (χ2v) is 5.33. The molecule has 0 atom stereocenters. The van der Waals surface area contributed by atoms with Gasteiger partial charge in [0, 0.05) is 0 Å². The van der Waals surface area contributed by atoms with Crippen LogP contribution in [0.4, 0.5) is 0 Å². The molecule has 23 heavy (non-hydrogen) atoms. The van der Waals surface area contributed by atoms with Gasteiger partial charge in [-0.25, -0.2) is 0 Å². The van der Waals surface area contributed by atoms with E-state index in [9.17, 15) is 19.8 Å². The predicted octanol–water partition coefficient (Wildman–Crippen LogP) is 0.953. The molecule has 2 aromatic rings. The Kier molecular flexibility index (Phi) is 9.50. The standard InChI is InChI=1S/2C9H10O2.Ba/c2*1-6-3-7(2)5-8(4-6)9(10)11;/h2*3-5H,1-2H3,(H,10,11);/q;;+2/p-2. The summed E-state index contributed by atoms with van der Waals surface area (Å²) < 4.78 is 0. The van der Waals surface area contributed by atoms with E-state index in [0.29, 0.717) is 0 Å². The molecule has 0 unspecified atom stereocenters. The van der Waals surface area contributed by atoms with Crippen molar-refractivity contribution in [1.82, 2.24) is 0 Å². The molecular weight excluding hydrogens is 418 g/mol.